The Balaban J connectivity index is 2.07. The maximum atomic E-state index is 5.74. The van der Waals surface area contributed by atoms with Gasteiger partial charge in [-0.25, -0.2) is 0 Å². The van der Waals surface area contributed by atoms with Crippen molar-refractivity contribution >= 4 is 11.8 Å². The highest BCUT2D eigenvalue weighted by molar-refractivity contribution is 7.99. The molecule has 0 radical (unpaired) electrons. The van der Waals surface area contributed by atoms with Crippen molar-refractivity contribution < 1.29 is 9.47 Å². The number of hydrogen-bond acceptors (Lipinski definition) is 3. The van der Waals surface area contributed by atoms with E-state index in [0.29, 0.717) is 0 Å². The molecule has 3 heteroatoms. The molecule has 0 saturated heterocycles. The van der Waals surface area contributed by atoms with E-state index in [1.54, 1.807) is 26.0 Å². The second kappa shape index (κ2) is 6.44. The molecule has 1 aliphatic carbocycles. The normalized spacial score (nSPS) is 13.6. The second-order valence-corrected chi connectivity index (χ2v) is 6.30. The Morgan fingerprint density at radius 2 is 1.62 bits per heavy atom. The van der Waals surface area contributed by atoms with Gasteiger partial charge in [0.1, 0.15) is 11.5 Å². The monoisotopic (exact) mass is 300 g/mol. The van der Waals surface area contributed by atoms with Crippen LogP contribution in [0.2, 0.25) is 0 Å². The first-order valence-corrected chi connectivity index (χ1v) is 8.14. The minimum absolute atomic E-state index is 1.00. The SMILES string of the molecule is COc1cc(Sc2ccccc2)c(OC)c2c1CCCC2. The lowest BCUT2D eigenvalue weighted by Crippen LogP contribution is -2.08. The third kappa shape index (κ3) is 2.88. The van der Waals surface area contributed by atoms with Gasteiger partial charge in [0.25, 0.3) is 0 Å². The molecule has 0 atom stereocenters. The lowest BCUT2D eigenvalue weighted by atomic mass is 9.90. The number of rotatable bonds is 4. The average molecular weight is 300 g/mol. The highest BCUT2D eigenvalue weighted by Crippen LogP contribution is 2.44. The van der Waals surface area contributed by atoms with E-state index in [0.717, 1.165) is 29.2 Å². The third-order valence-electron chi connectivity index (χ3n) is 3.92. The van der Waals surface area contributed by atoms with Crippen molar-refractivity contribution in [2.45, 2.75) is 35.5 Å². The number of methoxy groups -OCH3 is 2. The van der Waals surface area contributed by atoms with Crippen molar-refractivity contribution in [3.8, 4) is 11.5 Å². The van der Waals surface area contributed by atoms with Gasteiger partial charge in [0, 0.05) is 16.0 Å². The summed E-state index contributed by atoms with van der Waals surface area (Å²) in [4.78, 5) is 2.36. The molecule has 0 aliphatic heterocycles. The Morgan fingerprint density at radius 3 is 2.29 bits per heavy atom. The second-order valence-electron chi connectivity index (χ2n) is 5.19. The number of hydrogen-bond donors (Lipinski definition) is 0. The van der Waals surface area contributed by atoms with Gasteiger partial charge in [-0.2, -0.15) is 0 Å². The maximum absolute atomic E-state index is 5.74. The van der Waals surface area contributed by atoms with Gasteiger partial charge in [-0.1, -0.05) is 30.0 Å². The van der Waals surface area contributed by atoms with Gasteiger partial charge in [-0.05, 0) is 43.9 Å². The molecule has 1 aliphatic rings. The maximum Gasteiger partial charge on any atom is 0.136 e. The molecule has 0 unspecified atom stereocenters. The van der Waals surface area contributed by atoms with Gasteiger partial charge in [-0.15, -0.1) is 0 Å². The standard InChI is InChI=1S/C18H20O2S/c1-19-16-12-17(21-13-8-4-3-5-9-13)18(20-2)15-11-7-6-10-14(15)16/h3-5,8-9,12H,6-7,10-11H2,1-2H3. The van der Waals surface area contributed by atoms with Crippen molar-refractivity contribution in [1.29, 1.82) is 0 Å². The van der Waals surface area contributed by atoms with Gasteiger partial charge < -0.3 is 9.47 Å². The van der Waals surface area contributed by atoms with Crippen LogP contribution in [-0.2, 0) is 12.8 Å². The van der Waals surface area contributed by atoms with Crippen LogP contribution in [0.5, 0.6) is 11.5 Å². The van der Waals surface area contributed by atoms with Gasteiger partial charge >= 0.3 is 0 Å². The van der Waals surface area contributed by atoms with E-state index in [1.165, 1.54) is 28.9 Å². The summed E-state index contributed by atoms with van der Waals surface area (Å²) in [6.07, 6.45) is 4.63. The average Bonchev–Trinajstić information content (AvgIpc) is 2.55. The minimum Gasteiger partial charge on any atom is -0.496 e. The molecule has 0 aromatic heterocycles. The fourth-order valence-corrected chi connectivity index (χ4v) is 3.96. The van der Waals surface area contributed by atoms with Gasteiger partial charge in [-0.3, -0.25) is 0 Å². The first-order chi connectivity index (χ1) is 10.3. The molecule has 0 amide bonds. The molecule has 2 nitrogen and oxygen atoms in total. The smallest absolute Gasteiger partial charge is 0.136 e. The summed E-state index contributed by atoms with van der Waals surface area (Å²) < 4.78 is 11.4. The fourth-order valence-electron chi connectivity index (χ4n) is 2.95. The largest absolute Gasteiger partial charge is 0.496 e. The Kier molecular flexibility index (Phi) is 4.39. The van der Waals surface area contributed by atoms with Crippen LogP contribution < -0.4 is 9.47 Å². The highest BCUT2D eigenvalue weighted by atomic mass is 32.2. The predicted octanol–water partition coefficient (Wildman–Crippen LogP) is 4.73. The van der Waals surface area contributed by atoms with Crippen LogP contribution in [0, 0.1) is 0 Å². The van der Waals surface area contributed by atoms with Crippen molar-refractivity contribution in [2.24, 2.45) is 0 Å². The molecule has 2 aromatic rings. The Labute approximate surface area is 130 Å². The molecule has 0 N–H and O–H groups in total. The molecule has 0 spiro atoms. The van der Waals surface area contributed by atoms with Crippen LogP contribution in [0.15, 0.2) is 46.2 Å². The molecule has 110 valence electrons. The summed E-state index contributed by atoms with van der Waals surface area (Å²) in [5.74, 6) is 2.03. The summed E-state index contributed by atoms with van der Waals surface area (Å²) in [7, 11) is 3.53. The van der Waals surface area contributed by atoms with E-state index in [4.69, 9.17) is 9.47 Å². The molecule has 21 heavy (non-hydrogen) atoms. The van der Waals surface area contributed by atoms with Crippen molar-refractivity contribution in [1.82, 2.24) is 0 Å². The zero-order valence-corrected chi connectivity index (χ0v) is 13.3. The van der Waals surface area contributed by atoms with E-state index < -0.39 is 0 Å². The van der Waals surface area contributed by atoms with Crippen LogP contribution >= 0.6 is 11.8 Å². The predicted molar refractivity (Wildman–Crippen MR) is 86.8 cm³/mol. The molecular formula is C18H20O2S. The quantitative estimate of drug-likeness (QED) is 0.813. The summed E-state index contributed by atoms with van der Waals surface area (Å²) >= 11 is 1.74. The molecule has 0 heterocycles. The van der Waals surface area contributed by atoms with E-state index in [1.807, 2.05) is 6.07 Å². The van der Waals surface area contributed by atoms with Crippen LogP contribution in [0.4, 0.5) is 0 Å². The zero-order valence-electron chi connectivity index (χ0n) is 12.5. The van der Waals surface area contributed by atoms with Crippen LogP contribution in [0.3, 0.4) is 0 Å². The van der Waals surface area contributed by atoms with E-state index in [9.17, 15) is 0 Å². The third-order valence-corrected chi connectivity index (χ3v) is 4.95. The van der Waals surface area contributed by atoms with Crippen molar-refractivity contribution in [2.75, 3.05) is 14.2 Å². The topological polar surface area (TPSA) is 18.5 Å². The lowest BCUT2D eigenvalue weighted by Gasteiger charge is -2.23. The van der Waals surface area contributed by atoms with Crippen molar-refractivity contribution in [3.05, 3.63) is 47.5 Å². The van der Waals surface area contributed by atoms with Crippen LogP contribution in [0.25, 0.3) is 0 Å². The lowest BCUT2D eigenvalue weighted by molar-refractivity contribution is 0.380. The summed E-state index contributed by atoms with van der Waals surface area (Å²) in [5, 5.41) is 0. The fraction of sp³-hybridized carbons (Fsp3) is 0.333. The molecule has 3 rings (SSSR count). The molecule has 2 aromatic carbocycles. The zero-order chi connectivity index (χ0) is 14.7. The van der Waals surface area contributed by atoms with Gasteiger partial charge in [0.05, 0.1) is 19.1 Å². The van der Waals surface area contributed by atoms with E-state index in [2.05, 4.69) is 30.3 Å². The molecular weight excluding hydrogens is 280 g/mol. The molecule has 0 fully saturated rings. The molecule has 0 saturated carbocycles. The first kappa shape index (κ1) is 14.3. The summed E-state index contributed by atoms with van der Waals surface area (Å²) in [6, 6.07) is 12.5. The number of benzene rings is 2. The van der Waals surface area contributed by atoms with Gasteiger partial charge in [0.15, 0.2) is 0 Å². The Morgan fingerprint density at radius 1 is 0.905 bits per heavy atom. The van der Waals surface area contributed by atoms with Gasteiger partial charge in [0.2, 0.25) is 0 Å². The Bertz CT molecular complexity index is 623. The summed E-state index contributed by atoms with van der Waals surface area (Å²) in [6.45, 7) is 0. The van der Waals surface area contributed by atoms with E-state index >= 15 is 0 Å². The van der Waals surface area contributed by atoms with Crippen LogP contribution in [0.1, 0.15) is 24.0 Å². The number of ether oxygens (including phenoxy) is 2. The van der Waals surface area contributed by atoms with Crippen molar-refractivity contribution in [3.63, 3.8) is 0 Å². The minimum atomic E-state index is 1.00. The van der Waals surface area contributed by atoms with Crippen LogP contribution in [-0.4, -0.2) is 14.2 Å². The van der Waals surface area contributed by atoms with E-state index in [-0.39, 0.29) is 0 Å². The molecule has 0 bridgehead atoms. The number of fused-ring (bicyclic) bond motifs is 1. The summed E-state index contributed by atoms with van der Waals surface area (Å²) in [5.41, 5.74) is 2.67. The first-order valence-electron chi connectivity index (χ1n) is 7.33. The highest BCUT2D eigenvalue weighted by Gasteiger charge is 2.22. The Hall–Kier alpha value is -1.61.